The first-order valence-electron chi connectivity index (χ1n) is 14.4. The van der Waals surface area contributed by atoms with E-state index >= 15 is 0 Å². The topological polar surface area (TPSA) is 65.0 Å². The summed E-state index contributed by atoms with van der Waals surface area (Å²) >= 11 is 0. The largest absolute Gasteiger partial charge is 0.462 e. The Labute approximate surface area is 236 Å². The van der Waals surface area contributed by atoms with E-state index in [2.05, 4.69) is 76.9 Å². The van der Waals surface area contributed by atoms with Crippen LogP contribution in [0.25, 0.3) is 10.8 Å². The summed E-state index contributed by atoms with van der Waals surface area (Å²) in [5.74, 6) is 6.27. The quantitative estimate of drug-likeness (QED) is 0.460. The molecular formula is C32H38N6O2. The predicted molar refractivity (Wildman–Crippen MR) is 159 cm³/mol. The summed E-state index contributed by atoms with van der Waals surface area (Å²) in [7, 11) is 2.16. The van der Waals surface area contributed by atoms with Gasteiger partial charge in [-0.2, -0.15) is 9.97 Å². The fourth-order valence-corrected chi connectivity index (χ4v) is 6.36. The smallest absolute Gasteiger partial charge is 0.318 e. The van der Waals surface area contributed by atoms with Crippen molar-refractivity contribution in [2.24, 2.45) is 0 Å². The number of fused-ring (bicyclic) bond motifs is 2. The molecule has 0 N–H and O–H groups in total. The monoisotopic (exact) mass is 538 g/mol. The van der Waals surface area contributed by atoms with Crippen molar-refractivity contribution in [3.63, 3.8) is 0 Å². The molecule has 1 amide bonds. The number of likely N-dealkylation sites (tertiary alicyclic amines) is 1. The number of ether oxygens (including phenoxy) is 1. The molecule has 0 spiro atoms. The van der Waals surface area contributed by atoms with Crippen LogP contribution in [0.1, 0.15) is 36.6 Å². The molecular weight excluding hydrogens is 500 g/mol. The molecule has 2 aromatic carbocycles. The highest BCUT2D eigenvalue weighted by atomic mass is 16.5. The molecule has 3 aliphatic rings. The maximum atomic E-state index is 12.3. The van der Waals surface area contributed by atoms with Gasteiger partial charge in [0.25, 0.3) is 5.91 Å². The van der Waals surface area contributed by atoms with Crippen LogP contribution >= 0.6 is 0 Å². The van der Waals surface area contributed by atoms with Crippen molar-refractivity contribution >= 4 is 28.2 Å². The number of piperazine rings is 1. The number of rotatable bonds is 5. The molecule has 6 rings (SSSR count). The molecule has 8 heteroatoms. The summed E-state index contributed by atoms with van der Waals surface area (Å²) in [5.41, 5.74) is 4.77. The number of carbonyl (C=O) groups excluding carboxylic acids is 1. The van der Waals surface area contributed by atoms with Crippen LogP contribution in [0, 0.1) is 18.8 Å². The number of hydrogen-bond acceptors (Lipinski definition) is 7. The van der Waals surface area contributed by atoms with E-state index < -0.39 is 0 Å². The van der Waals surface area contributed by atoms with Crippen molar-refractivity contribution in [1.29, 1.82) is 0 Å². The highest BCUT2D eigenvalue weighted by molar-refractivity contribution is 5.97. The number of aryl methyl sites for hydroxylation is 1. The maximum Gasteiger partial charge on any atom is 0.318 e. The van der Waals surface area contributed by atoms with E-state index in [-0.39, 0.29) is 5.91 Å². The van der Waals surface area contributed by atoms with Gasteiger partial charge < -0.3 is 24.3 Å². The van der Waals surface area contributed by atoms with Crippen molar-refractivity contribution in [1.82, 2.24) is 19.8 Å². The first-order chi connectivity index (χ1) is 19.5. The van der Waals surface area contributed by atoms with Gasteiger partial charge in [0.1, 0.15) is 12.4 Å². The van der Waals surface area contributed by atoms with E-state index in [0.29, 0.717) is 38.3 Å². The highest BCUT2D eigenvalue weighted by Gasteiger charge is 2.30. The van der Waals surface area contributed by atoms with E-state index in [1.165, 1.54) is 34.0 Å². The summed E-state index contributed by atoms with van der Waals surface area (Å²) in [6.45, 7) is 9.91. The lowest BCUT2D eigenvalue weighted by molar-refractivity contribution is -0.125. The van der Waals surface area contributed by atoms with Gasteiger partial charge in [0, 0.05) is 55.4 Å². The summed E-state index contributed by atoms with van der Waals surface area (Å²) in [5, 5.41) is 2.57. The van der Waals surface area contributed by atoms with Crippen LogP contribution in [0.15, 0.2) is 36.4 Å². The van der Waals surface area contributed by atoms with E-state index in [1.807, 2.05) is 4.90 Å². The Hall–Kier alpha value is -3.83. The molecule has 1 aromatic heterocycles. The highest BCUT2D eigenvalue weighted by Crippen LogP contribution is 2.35. The third-order valence-electron chi connectivity index (χ3n) is 8.63. The minimum Gasteiger partial charge on any atom is -0.462 e. The summed E-state index contributed by atoms with van der Waals surface area (Å²) < 4.78 is 6.29. The van der Waals surface area contributed by atoms with Crippen LogP contribution in [0.3, 0.4) is 0 Å². The van der Waals surface area contributed by atoms with Gasteiger partial charge in [-0.25, -0.2) is 0 Å². The van der Waals surface area contributed by atoms with Crippen molar-refractivity contribution in [2.45, 2.75) is 45.7 Å². The molecule has 1 atom stereocenters. The second-order valence-electron chi connectivity index (χ2n) is 11.1. The molecule has 3 aromatic rings. The first-order valence-corrected chi connectivity index (χ1v) is 14.4. The zero-order valence-electron chi connectivity index (χ0n) is 23.8. The molecule has 8 nitrogen and oxygen atoms in total. The minimum atomic E-state index is -0.0994. The Morgan fingerprint density at radius 3 is 2.58 bits per heavy atom. The summed E-state index contributed by atoms with van der Waals surface area (Å²) in [6.07, 6.45) is 3.20. The lowest BCUT2D eigenvalue weighted by Gasteiger charge is -2.38. The number of amides is 1. The molecule has 0 bridgehead atoms. The average molecular weight is 539 g/mol. The Kier molecular flexibility index (Phi) is 7.48. The molecule has 2 saturated heterocycles. The van der Waals surface area contributed by atoms with Crippen molar-refractivity contribution in [3.05, 3.63) is 53.2 Å². The van der Waals surface area contributed by atoms with Gasteiger partial charge >= 0.3 is 6.01 Å². The number of benzene rings is 2. The Bertz CT molecular complexity index is 1460. The van der Waals surface area contributed by atoms with E-state index in [9.17, 15) is 4.79 Å². The normalized spacial score (nSPS) is 19.4. The van der Waals surface area contributed by atoms with Crippen LogP contribution < -0.4 is 14.5 Å². The number of likely N-dealkylation sites (N-methyl/N-ethyl adjacent to an activating group) is 1. The van der Waals surface area contributed by atoms with E-state index in [0.717, 1.165) is 50.5 Å². The lowest BCUT2D eigenvalue weighted by Crippen LogP contribution is -2.49. The maximum absolute atomic E-state index is 12.3. The van der Waals surface area contributed by atoms with Crippen molar-refractivity contribution < 1.29 is 9.53 Å². The summed E-state index contributed by atoms with van der Waals surface area (Å²) in [6, 6.07) is 13.9. The predicted octanol–water partition coefficient (Wildman–Crippen LogP) is 3.65. The van der Waals surface area contributed by atoms with E-state index in [4.69, 9.17) is 14.7 Å². The molecule has 0 unspecified atom stereocenters. The van der Waals surface area contributed by atoms with Crippen LogP contribution in [-0.4, -0.2) is 84.6 Å². The number of anilines is 2. The molecule has 40 heavy (non-hydrogen) atoms. The van der Waals surface area contributed by atoms with Gasteiger partial charge in [-0.15, -0.1) is 0 Å². The van der Waals surface area contributed by atoms with Gasteiger partial charge in [-0.05, 0) is 69.6 Å². The number of hydrogen-bond donors (Lipinski definition) is 0. The van der Waals surface area contributed by atoms with Gasteiger partial charge in [0.2, 0.25) is 0 Å². The third-order valence-corrected chi connectivity index (χ3v) is 8.63. The SMILES string of the molecule is CC#CC(=O)N1CCN(c2nc(OC[C@@H]3CCCN3C)nc3c2CCN(c2cccc4cccc(C)c24)C3)CC1. The van der Waals surface area contributed by atoms with Gasteiger partial charge in [-0.1, -0.05) is 36.3 Å². The van der Waals surface area contributed by atoms with E-state index in [1.54, 1.807) is 6.92 Å². The lowest BCUT2D eigenvalue weighted by atomic mass is 9.99. The first kappa shape index (κ1) is 26.4. The minimum absolute atomic E-state index is 0.0994. The fraction of sp³-hybridized carbons (Fsp3) is 0.469. The Morgan fingerprint density at radius 2 is 1.82 bits per heavy atom. The van der Waals surface area contributed by atoms with Crippen LogP contribution in [0.4, 0.5) is 11.5 Å². The number of aromatic nitrogens is 2. The molecule has 208 valence electrons. The molecule has 0 aliphatic carbocycles. The molecule has 0 radical (unpaired) electrons. The third kappa shape index (κ3) is 5.18. The van der Waals surface area contributed by atoms with Crippen molar-refractivity contribution in [3.8, 4) is 17.9 Å². The summed E-state index contributed by atoms with van der Waals surface area (Å²) in [4.78, 5) is 31.3. The van der Waals surface area contributed by atoms with Gasteiger partial charge in [-0.3, -0.25) is 4.79 Å². The average Bonchev–Trinajstić information content (AvgIpc) is 3.39. The second-order valence-corrected chi connectivity index (χ2v) is 11.1. The van der Waals surface area contributed by atoms with Crippen LogP contribution in [-0.2, 0) is 17.8 Å². The zero-order valence-corrected chi connectivity index (χ0v) is 23.8. The molecule has 3 aliphatic heterocycles. The van der Waals surface area contributed by atoms with Gasteiger partial charge in [0.15, 0.2) is 0 Å². The molecule has 2 fully saturated rings. The van der Waals surface area contributed by atoms with Crippen molar-refractivity contribution in [2.75, 3.05) is 62.7 Å². The fourth-order valence-electron chi connectivity index (χ4n) is 6.36. The number of carbonyl (C=O) groups is 1. The zero-order chi connectivity index (χ0) is 27.6. The second kappa shape index (κ2) is 11.3. The molecule has 4 heterocycles. The van der Waals surface area contributed by atoms with Gasteiger partial charge in [0.05, 0.1) is 12.2 Å². The number of nitrogens with zero attached hydrogens (tertiary/aromatic N) is 6. The standard InChI is InChI=1S/C32H38N6O2/c1-4-8-29(39)36-17-19-37(20-18-36)31-26-14-16-38(28-13-6-11-24-10-5-9-23(2)30(24)28)21-27(26)33-32(34-31)40-22-25-12-7-15-35(25)3/h5-6,9-11,13,25H,7,12,14-22H2,1-3H3/t25-/m0/s1. The Morgan fingerprint density at radius 1 is 1.02 bits per heavy atom. The Balaban J connectivity index is 1.30. The molecule has 0 saturated carbocycles. The van der Waals surface area contributed by atoms with Crippen LogP contribution in [0.5, 0.6) is 6.01 Å². The van der Waals surface area contributed by atoms with Crippen LogP contribution in [0.2, 0.25) is 0 Å².